The molecule has 0 amide bonds. The number of nitrogens with one attached hydrogen (secondary N) is 2. The van der Waals surface area contributed by atoms with Crippen LogP contribution in [0.4, 0.5) is 0 Å². The molecule has 0 aromatic carbocycles. The first kappa shape index (κ1) is 17.2. The van der Waals surface area contributed by atoms with Crippen LogP contribution in [0.2, 0.25) is 0 Å². The Morgan fingerprint density at radius 2 is 2.11 bits per heavy atom. The van der Waals surface area contributed by atoms with Gasteiger partial charge in [0.2, 0.25) is 0 Å². The predicted octanol–water partition coefficient (Wildman–Crippen LogP) is 4.60. The minimum absolute atomic E-state index is 0.481. The Morgan fingerprint density at radius 3 is 2.85 bits per heavy atom. The van der Waals surface area contributed by atoms with Gasteiger partial charge in [-0.05, 0) is 31.1 Å². The summed E-state index contributed by atoms with van der Waals surface area (Å²) < 4.78 is 0. The van der Waals surface area contributed by atoms with Gasteiger partial charge in [-0.15, -0.1) is 0 Å². The molecule has 1 saturated carbocycles. The number of H-pyrrole nitrogens is 1. The summed E-state index contributed by atoms with van der Waals surface area (Å²) in [5.41, 5.74) is 4.61. The van der Waals surface area contributed by atoms with E-state index < -0.39 is 0 Å². The molecule has 3 heterocycles. The monoisotopic (exact) mass is 357 g/mol. The minimum atomic E-state index is 0.481. The van der Waals surface area contributed by atoms with Gasteiger partial charge < -0.3 is 10.3 Å². The summed E-state index contributed by atoms with van der Waals surface area (Å²) in [6.45, 7) is 8.03. The van der Waals surface area contributed by atoms with Crippen LogP contribution in [0.5, 0.6) is 0 Å². The molecule has 0 bridgehead atoms. The summed E-state index contributed by atoms with van der Waals surface area (Å²) >= 11 is 0. The predicted molar refractivity (Wildman–Crippen MR) is 111 cm³/mol. The van der Waals surface area contributed by atoms with Crippen LogP contribution in [0, 0.1) is 0 Å². The molecule has 0 unspecified atom stereocenters. The lowest BCUT2D eigenvalue weighted by atomic mass is 10.1. The number of aromatic amines is 1. The van der Waals surface area contributed by atoms with Crippen molar-refractivity contribution in [3.05, 3.63) is 73.6 Å². The third kappa shape index (κ3) is 3.67. The van der Waals surface area contributed by atoms with E-state index in [-0.39, 0.29) is 0 Å². The fraction of sp³-hybridized carbons (Fsp3) is 0.227. The Bertz CT molecular complexity index is 994. The van der Waals surface area contributed by atoms with E-state index in [1.807, 2.05) is 30.7 Å². The van der Waals surface area contributed by atoms with E-state index >= 15 is 0 Å². The standard InChI is InChI=1S/C22H23N5/c1-3-21(27-15(2)26-18-8-4-5-9-18)20-14-25-22-19(20)11-17(13-24-22)16-7-6-10-23-12-16/h3,6-7,10-14,18,26H,1-2,4-5,8-9H2,(H,24,25). The average Bonchev–Trinajstić information content (AvgIpc) is 3.36. The van der Waals surface area contributed by atoms with E-state index in [9.17, 15) is 0 Å². The molecule has 0 radical (unpaired) electrons. The van der Waals surface area contributed by atoms with Crippen LogP contribution >= 0.6 is 0 Å². The molecular weight excluding hydrogens is 334 g/mol. The number of fused-ring (bicyclic) bond motifs is 1. The number of aromatic nitrogens is 3. The van der Waals surface area contributed by atoms with Gasteiger partial charge in [-0.25, -0.2) is 9.98 Å². The van der Waals surface area contributed by atoms with Gasteiger partial charge in [-0.3, -0.25) is 4.98 Å². The van der Waals surface area contributed by atoms with Crippen LogP contribution < -0.4 is 5.32 Å². The highest BCUT2D eigenvalue weighted by Crippen LogP contribution is 2.25. The Labute approximate surface area is 159 Å². The van der Waals surface area contributed by atoms with Crippen LogP contribution in [0.3, 0.4) is 0 Å². The number of hydrogen-bond acceptors (Lipinski definition) is 4. The fourth-order valence-electron chi connectivity index (χ4n) is 3.61. The molecule has 4 rings (SSSR count). The summed E-state index contributed by atoms with van der Waals surface area (Å²) in [5.74, 6) is 0.683. The van der Waals surface area contributed by atoms with E-state index in [0.717, 1.165) is 33.4 Å². The van der Waals surface area contributed by atoms with Gasteiger partial charge in [0.25, 0.3) is 0 Å². The molecule has 136 valence electrons. The van der Waals surface area contributed by atoms with E-state index in [4.69, 9.17) is 0 Å². The van der Waals surface area contributed by atoms with Gasteiger partial charge in [0.05, 0.1) is 5.71 Å². The zero-order chi connectivity index (χ0) is 18.6. The molecular formula is C22H23N5. The number of hydrogen-bond donors (Lipinski definition) is 2. The lowest BCUT2D eigenvalue weighted by Gasteiger charge is -2.13. The largest absolute Gasteiger partial charge is 0.368 e. The fourth-order valence-corrected chi connectivity index (χ4v) is 3.61. The lowest BCUT2D eigenvalue weighted by Crippen LogP contribution is -2.24. The van der Waals surface area contributed by atoms with Crippen molar-refractivity contribution in [1.82, 2.24) is 20.3 Å². The SMILES string of the molecule is C=CC(=NC(=C)NC1CCCC1)c1c[nH]c2ncc(-c3cccnc3)cc12. The first-order valence-electron chi connectivity index (χ1n) is 9.29. The summed E-state index contributed by atoms with van der Waals surface area (Å²) in [6, 6.07) is 6.54. The maximum Gasteiger partial charge on any atom is 0.137 e. The smallest absolute Gasteiger partial charge is 0.137 e. The summed E-state index contributed by atoms with van der Waals surface area (Å²) in [4.78, 5) is 16.7. The minimum Gasteiger partial charge on any atom is -0.368 e. The average molecular weight is 357 g/mol. The zero-order valence-corrected chi connectivity index (χ0v) is 15.3. The van der Waals surface area contributed by atoms with Crippen molar-refractivity contribution in [2.24, 2.45) is 4.99 Å². The second-order valence-corrected chi connectivity index (χ2v) is 6.84. The van der Waals surface area contributed by atoms with Crippen molar-refractivity contribution in [2.45, 2.75) is 31.7 Å². The normalized spacial score (nSPS) is 15.2. The molecule has 3 aromatic heterocycles. The topological polar surface area (TPSA) is 66.0 Å². The number of nitrogens with zero attached hydrogens (tertiary/aromatic N) is 3. The number of rotatable bonds is 6. The molecule has 3 aromatic rings. The van der Waals surface area contributed by atoms with Gasteiger partial charge >= 0.3 is 0 Å². The van der Waals surface area contributed by atoms with Crippen molar-refractivity contribution in [3.63, 3.8) is 0 Å². The van der Waals surface area contributed by atoms with Crippen LogP contribution in [-0.4, -0.2) is 26.7 Å². The van der Waals surface area contributed by atoms with Crippen LogP contribution in [0.25, 0.3) is 22.2 Å². The molecule has 0 aliphatic heterocycles. The lowest BCUT2D eigenvalue weighted by molar-refractivity contribution is 0.582. The summed E-state index contributed by atoms with van der Waals surface area (Å²) in [5, 5.41) is 4.43. The van der Waals surface area contributed by atoms with Crippen molar-refractivity contribution in [1.29, 1.82) is 0 Å². The quantitative estimate of drug-likeness (QED) is 0.634. The Hall–Kier alpha value is -3.21. The molecule has 1 aliphatic carbocycles. The molecule has 0 spiro atoms. The van der Waals surface area contributed by atoms with Crippen LogP contribution in [0.15, 0.2) is 73.0 Å². The van der Waals surface area contributed by atoms with Crippen LogP contribution in [0.1, 0.15) is 31.2 Å². The first-order chi connectivity index (χ1) is 13.2. The second kappa shape index (κ2) is 7.58. The molecule has 0 saturated heterocycles. The van der Waals surface area contributed by atoms with Gasteiger partial charge in [0.15, 0.2) is 0 Å². The Morgan fingerprint density at radius 1 is 1.26 bits per heavy atom. The molecule has 5 nitrogen and oxygen atoms in total. The summed E-state index contributed by atoms with van der Waals surface area (Å²) in [6.07, 6.45) is 14.1. The maximum atomic E-state index is 4.69. The molecule has 27 heavy (non-hydrogen) atoms. The van der Waals surface area contributed by atoms with Crippen molar-refractivity contribution in [3.8, 4) is 11.1 Å². The van der Waals surface area contributed by atoms with Gasteiger partial charge in [-0.2, -0.15) is 0 Å². The van der Waals surface area contributed by atoms with Crippen molar-refractivity contribution < 1.29 is 0 Å². The van der Waals surface area contributed by atoms with Crippen molar-refractivity contribution >= 4 is 16.7 Å². The highest BCUT2D eigenvalue weighted by molar-refractivity contribution is 6.16. The molecule has 5 heteroatoms. The van der Waals surface area contributed by atoms with Crippen molar-refractivity contribution in [2.75, 3.05) is 0 Å². The van der Waals surface area contributed by atoms with Crippen LogP contribution in [-0.2, 0) is 0 Å². The third-order valence-corrected chi connectivity index (χ3v) is 4.98. The van der Waals surface area contributed by atoms with E-state index in [2.05, 4.69) is 44.5 Å². The third-order valence-electron chi connectivity index (χ3n) is 4.98. The molecule has 1 fully saturated rings. The van der Waals surface area contributed by atoms with Gasteiger partial charge in [0, 0.05) is 52.9 Å². The maximum absolute atomic E-state index is 4.69. The first-order valence-corrected chi connectivity index (χ1v) is 9.29. The number of aliphatic imine (C=N–C) groups is 1. The Balaban J connectivity index is 1.67. The highest BCUT2D eigenvalue weighted by atomic mass is 15.1. The number of pyridine rings is 2. The highest BCUT2D eigenvalue weighted by Gasteiger charge is 2.15. The van der Waals surface area contributed by atoms with Gasteiger partial charge in [0.1, 0.15) is 11.5 Å². The molecule has 1 aliphatic rings. The van der Waals surface area contributed by atoms with Gasteiger partial charge in [-0.1, -0.05) is 32.1 Å². The Kier molecular flexibility index (Phi) is 4.83. The van der Waals surface area contributed by atoms with E-state index in [0.29, 0.717) is 11.9 Å². The second-order valence-electron chi connectivity index (χ2n) is 6.84. The van der Waals surface area contributed by atoms with E-state index in [1.165, 1.54) is 25.7 Å². The molecule has 0 atom stereocenters. The summed E-state index contributed by atoms with van der Waals surface area (Å²) in [7, 11) is 0. The zero-order valence-electron chi connectivity index (χ0n) is 15.3. The van der Waals surface area contributed by atoms with E-state index in [1.54, 1.807) is 12.3 Å². The molecule has 2 N–H and O–H groups in total. The number of allylic oxidation sites excluding steroid dienone is 1.